The maximum absolute atomic E-state index is 12.4. The summed E-state index contributed by atoms with van der Waals surface area (Å²) in [5.74, 6) is -1.03. The SMILES string of the molecule is COc1cccc(NC(=O)CC(=O)c2ccc(-c3ccc(OC)c(C(=O)O)c3)cc2)n1. The van der Waals surface area contributed by atoms with Crippen molar-refractivity contribution in [2.45, 2.75) is 6.42 Å². The summed E-state index contributed by atoms with van der Waals surface area (Å²) in [6.07, 6.45) is -0.343. The van der Waals surface area contributed by atoms with Gasteiger partial charge in [-0.05, 0) is 29.3 Å². The Kier molecular flexibility index (Phi) is 6.61. The normalized spacial score (nSPS) is 10.3. The van der Waals surface area contributed by atoms with E-state index in [9.17, 15) is 19.5 Å². The molecule has 8 heteroatoms. The second-order valence-electron chi connectivity index (χ2n) is 6.51. The third-order valence-corrected chi connectivity index (χ3v) is 4.49. The highest BCUT2D eigenvalue weighted by atomic mass is 16.5. The maximum Gasteiger partial charge on any atom is 0.339 e. The van der Waals surface area contributed by atoms with Crippen LogP contribution < -0.4 is 14.8 Å². The van der Waals surface area contributed by atoms with Gasteiger partial charge in [0.15, 0.2) is 5.78 Å². The quantitative estimate of drug-likeness (QED) is 0.422. The molecule has 0 spiro atoms. The minimum absolute atomic E-state index is 0.0444. The number of carboxylic acids is 1. The van der Waals surface area contributed by atoms with E-state index < -0.39 is 11.9 Å². The standard InChI is InChI=1S/C23H20N2O6/c1-30-19-11-10-16(12-17(19)23(28)29)14-6-8-15(9-7-14)18(26)13-21(27)24-20-4-3-5-22(25-20)31-2/h3-12H,13H2,1-2H3,(H,28,29)(H,24,25,27). The molecule has 0 bridgehead atoms. The van der Waals surface area contributed by atoms with Crippen LogP contribution in [0.5, 0.6) is 11.6 Å². The summed E-state index contributed by atoms with van der Waals surface area (Å²) >= 11 is 0. The van der Waals surface area contributed by atoms with E-state index in [2.05, 4.69) is 10.3 Å². The Morgan fingerprint density at radius 1 is 0.935 bits per heavy atom. The fourth-order valence-corrected chi connectivity index (χ4v) is 2.94. The predicted molar refractivity (Wildman–Crippen MR) is 114 cm³/mol. The van der Waals surface area contributed by atoms with Crippen LogP contribution in [0.25, 0.3) is 11.1 Å². The average molecular weight is 420 g/mol. The van der Waals surface area contributed by atoms with Crippen LogP contribution >= 0.6 is 0 Å². The van der Waals surface area contributed by atoms with Crippen molar-refractivity contribution in [3.8, 4) is 22.8 Å². The number of amides is 1. The predicted octanol–water partition coefficient (Wildman–Crippen LogP) is 3.68. The fraction of sp³-hybridized carbons (Fsp3) is 0.130. The number of carbonyl (C=O) groups is 3. The monoisotopic (exact) mass is 420 g/mol. The van der Waals surface area contributed by atoms with Gasteiger partial charge in [-0.25, -0.2) is 4.79 Å². The molecule has 0 aliphatic heterocycles. The van der Waals surface area contributed by atoms with Crippen LogP contribution in [0.3, 0.4) is 0 Å². The molecule has 1 aromatic heterocycles. The Morgan fingerprint density at radius 2 is 1.65 bits per heavy atom. The molecular weight excluding hydrogens is 400 g/mol. The highest BCUT2D eigenvalue weighted by molar-refractivity contribution is 6.10. The Bertz CT molecular complexity index is 1130. The van der Waals surface area contributed by atoms with Gasteiger partial charge in [-0.15, -0.1) is 0 Å². The van der Waals surface area contributed by atoms with Crippen molar-refractivity contribution >= 4 is 23.5 Å². The lowest BCUT2D eigenvalue weighted by Gasteiger charge is -2.09. The number of nitrogens with zero attached hydrogens (tertiary/aromatic N) is 1. The summed E-state index contributed by atoms with van der Waals surface area (Å²) in [4.78, 5) is 40.1. The van der Waals surface area contributed by atoms with Crippen molar-refractivity contribution in [2.75, 3.05) is 19.5 Å². The van der Waals surface area contributed by atoms with Gasteiger partial charge in [-0.3, -0.25) is 9.59 Å². The molecule has 3 aromatic rings. The highest BCUT2D eigenvalue weighted by Gasteiger charge is 2.15. The van der Waals surface area contributed by atoms with Crippen molar-refractivity contribution in [2.24, 2.45) is 0 Å². The van der Waals surface area contributed by atoms with E-state index in [1.54, 1.807) is 54.6 Å². The number of aromatic carboxylic acids is 1. The summed E-state index contributed by atoms with van der Waals surface area (Å²) in [6.45, 7) is 0. The molecule has 0 unspecified atom stereocenters. The van der Waals surface area contributed by atoms with E-state index >= 15 is 0 Å². The van der Waals surface area contributed by atoms with Crippen LogP contribution in [0.4, 0.5) is 5.82 Å². The number of aromatic nitrogens is 1. The van der Waals surface area contributed by atoms with Crippen LogP contribution in [-0.4, -0.2) is 42.0 Å². The number of hydrogen-bond acceptors (Lipinski definition) is 6. The van der Waals surface area contributed by atoms with Crippen LogP contribution in [0, 0.1) is 0 Å². The van der Waals surface area contributed by atoms with Crippen LogP contribution in [0.2, 0.25) is 0 Å². The lowest BCUT2D eigenvalue weighted by molar-refractivity contribution is -0.115. The number of carbonyl (C=O) groups excluding carboxylic acids is 2. The minimum atomic E-state index is -1.10. The number of pyridine rings is 1. The molecule has 1 amide bonds. The van der Waals surface area contributed by atoms with Gasteiger partial charge in [-0.2, -0.15) is 4.98 Å². The topological polar surface area (TPSA) is 115 Å². The van der Waals surface area contributed by atoms with Crippen LogP contribution in [0.1, 0.15) is 27.1 Å². The van der Waals surface area contributed by atoms with Crippen molar-refractivity contribution in [3.05, 3.63) is 71.8 Å². The Balaban J connectivity index is 1.69. The van der Waals surface area contributed by atoms with Gasteiger partial charge in [0.05, 0.1) is 20.6 Å². The van der Waals surface area contributed by atoms with Gasteiger partial charge in [0.25, 0.3) is 0 Å². The van der Waals surface area contributed by atoms with Crippen molar-refractivity contribution < 1.29 is 29.0 Å². The molecule has 0 saturated carbocycles. The van der Waals surface area contributed by atoms with Gasteiger partial charge < -0.3 is 19.9 Å². The van der Waals surface area contributed by atoms with Crippen molar-refractivity contribution in [1.82, 2.24) is 4.98 Å². The first-order valence-electron chi connectivity index (χ1n) is 9.27. The van der Waals surface area contributed by atoms with Gasteiger partial charge in [0.1, 0.15) is 17.1 Å². The molecule has 0 saturated heterocycles. The first-order valence-corrected chi connectivity index (χ1v) is 9.27. The molecule has 0 atom stereocenters. The lowest BCUT2D eigenvalue weighted by Crippen LogP contribution is -2.17. The minimum Gasteiger partial charge on any atom is -0.496 e. The average Bonchev–Trinajstić information content (AvgIpc) is 2.78. The zero-order valence-electron chi connectivity index (χ0n) is 16.9. The Morgan fingerprint density at radius 3 is 2.29 bits per heavy atom. The van der Waals surface area contributed by atoms with Crippen LogP contribution in [0.15, 0.2) is 60.7 Å². The Labute approximate surface area is 178 Å². The molecule has 0 aliphatic carbocycles. The van der Waals surface area contributed by atoms with E-state index in [0.717, 1.165) is 5.56 Å². The number of Topliss-reactive ketones (excluding diaryl/α,β-unsaturated/α-hetero) is 1. The molecule has 0 fully saturated rings. The number of rotatable bonds is 8. The van der Waals surface area contributed by atoms with Gasteiger partial charge >= 0.3 is 5.97 Å². The Hall–Kier alpha value is -4.20. The van der Waals surface area contributed by atoms with E-state index in [1.165, 1.54) is 20.3 Å². The van der Waals surface area contributed by atoms with Gasteiger partial charge in [0, 0.05) is 11.6 Å². The van der Waals surface area contributed by atoms with E-state index in [1.807, 2.05) is 0 Å². The molecule has 158 valence electrons. The summed E-state index contributed by atoms with van der Waals surface area (Å²) in [5, 5.41) is 11.9. The summed E-state index contributed by atoms with van der Waals surface area (Å²) < 4.78 is 10.1. The number of ether oxygens (including phenoxy) is 2. The van der Waals surface area contributed by atoms with Gasteiger partial charge in [-0.1, -0.05) is 36.4 Å². The lowest BCUT2D eigenvalue weighted by atomic mass is 9.99. The number of anilines is 1. The molecule has 0 radical (unpaired) electrons. The third kappa shape index (κ3) is 5.24. The van der Waals surface area contributed by atoms with Crippen LogP contribution in [-0.2, 0) is 4.79 Å². The van der Waals surface area contributed by atoms with Gasteiger partial charge in [0.2, 0.25) is 11.8 Å². The zero-order chi connectivity index (χ0) is 22.4. The third-order valence-electron chi connectivity index (χ3n) is 4.49. The number of methoxy groups -OCH3 is 2. The zero-order valence-corrected chi connectivity index (χ0v) is 16.9. The number of hydrogen-bond donors (Lipinski definition) is 2. The number of nitrogens with one attached hydrogen (secondary N) is 1. The number of carboxylic acid groups (broad SMARTS) is 1. The van der Waals surface area contributed by atoms with Crippen molar-refractivity contribution in [1.29, 1.82) is 0 Å². The largest absolute Gasteiger partial charge is 0.496 e. The molecule has 0 aliphatic rings. The smallest absolute Gasteiger partial charge is 0.339 e. The second kappa shape index (κ2) is 9.53. The molecule has 8 nitrogen and oxygen atoms in total. The summed E-state index contributed by atoms with van der Waals surface area (Å²) in [7, 11) is 2.87. The number of benzene rings is 2. The molecule has 3 rings (SSSR count). The molecular formula is C23H20N2O6. The summed E-state index contributed by atoms with van der Waals surface area (Å²) in [5.41, 5.74) is 1.80. The maximum atomic E-state index is 12.4. The summed E-state index contributed by atoms with van der Waals surface area (Å²) in [6, 6.07) is 16.3. The molecule has 2 N–H and O–H groups in total. The van der Waals surface area contributed by atoms with E-state index in [4.69, 9.17) is 9.47 Å². The fourth-order valence-electron chi connectivity index (χ4n) is 2.94. The molecule has 2 aromatic carbocycles. The molecule has 1 heterocycles. The van der Waals surface area contributed by atoms with E-state index in [0.29, 0.717) is 22.8 Å². The molecule has 31 heavy (non-hydrogen) atoms. The highest BCUT2D eigenvalue weighted by Crippen LogP contribution is 2.27. The first kappa shape index (κ1) is 21.5. The first-order chi connectivity index (χ1) is 14.9. The van der Waals surface area contributed by atoms with E-state index in [-0.39, 0.29) is 23.5 Å². The number of ketones is 1. The van der Waals surface area contributed by atoms with Crippen molar-refractivity contribution in [3.63, 3.8) is 0 Å². The second-order valence-corrected chi connectivity index (χ2v) is 6.51.